The Hall–Kier alpha value is -4.72. The molecule has 0 spiro atoms. The number of carbonyl (C=O) groups excluding carboxylic acids is 7. The highest BCUT2D eigenvalue weighted by Gasteiger charge is 2.42. The van der Waals surface area contributed by atoms with Crippen LogP contribution in [0.25, 0.3) is 0 Å². The van der Waals surface area contributed by atoms with Gasteiger partial charge in [-0.05, 0) is 61.3 Å². The summed E-state index contributed by atoms with van der Waals surface area (Å²) in [7, 11) is 4.85. The minimum atomic E-state index is -1.01. The third-order valence-electron chi connectivity index (χ3n) is 14.0. The van der Waals surface area contributed by atoms with Gasteiger partial charge in [0.15, 0.2) is 5.78 Å². The number of amides is 5. The molecule has 2 aliphatic rings. The number of hydrogen-bond acceptors (Lipinski definition) is 9. The molecule has 0 unspecified atom stereocenters. The molecule has 356 valence electrons. The molecule has 5 amide bonds. The van der Waals surface area contributed by atoms with Gasteiger partial charge < -0.3 is 24.5 Å². The Morgan fingerprint density at radius 2 is 1.45 bits per heavy atom. The van der Waals surface area contributed by atoms with Crippen molar-refractivity contribution in [1.82, 2.24) is 19.6 Å². The van der Waals surface area contributed by atoms with Crippen molar-refractivity contribution in [2.45, 2.75) is 144 Å². The molecule has 2 heterocycles. The van der Waals surface area contributed by atoms with Crippen LogP contribution < -0.4 is 0 Å². The molecule has 1 saturated heterocycles. The summed E-state index contributed by atoms with van der Waals surface area (Å²) in [4.78, 5) is 112. The minimum Gasteiger partial charge on any atom is -0.481 e. The van der Waals surface area contributed by atoms with Crippen molar-refractivity contribution in [3.05, 3.63) is 48.0 Å². The van der Waals surface area contributed by atoms with E-state index in [1.54, 1.807) is 19.0 Å². The van der Waals surface area contributed by atoms with E-state index < -0.39 is 41.9 Å². The van der Waals surface area contributed by atoms with E-state index >= 15 is 0 Å². The normalized spacial score (nSPS) is 19.0. The van der Waals surface area contributed by atoms with Crippen molar-refractivity contribution in [3.63, 3.8) is 0 Å². The van der Waals surface area contributed by atoms with E-state index in [1.165, 1.54) is 24.2 Å². The second-order valence-corrected chi connectivity index (χ2v) is 19.0. The Bertz CT molecular complexity index is 1800. The molecule has 0 bridgehead atoms. The number of ether oxygens (including phenoxy) is 1. The van der Waals surface area contributed by atoms with Gasteiger partial charge in [0, 0.05) is 83.6 Å². The Morgan fingerprint density at radius 3 is 2.00 bits per heavy atom. The molecule has 2 aliphatic heterocycles. The van der Waals surface area contributed by atoms with Crippen molar-refractivity contribution >= 4 is 47.1 Å². The largest absolute Gasteiger partial charge is 0.481 e. The predicted molar refractivity (Wildman–Crippen MR) is 244 cm³/mol. The zero-order chi connectivity index (χ0) is 48.0. The van der Waals surface area contributed by atoms with Crippen LogP contribution in [0.3, 0.4) is 0 Å². The van der Waals surface area contributed by atoms with Gasteiger partial charge in [-0.3, -0.25) is 43.3 Å². The topological polar surface area (TPSA) is 179 Å². The number of likely N-dealkylation sites (tertiary alicyclic amines) is 1. The molecule has 14 heteroatoms. The number of benzene rings is 1. The third-order valence-corrected chi connectivity index (χ3v) is 14.0. The molecule has 0 radical (unpaired) electrons. The predicted octanol–water partition coefficient (Wildman–Crippen LogP) is 6.24. The van der Waals surface area contributed by atoms with Crippen LogP contribution in [0.2, 0.25) is 0 Å². The smallest absolute Gasteiger partial charge is 0.307 e. The maximum Gasteiger partial charge on any atom is 0.307 e. The molecule has 1 aromatic carbocycles. The summed E-state index contributed by atoms with van der Waals surface area (Å²) < 4.78 is 6.06. The molecule has 14 nitrogen and oxygen atoms in total. The highest BCUT2D eigenvalue weighted by atomic mass is 16.5. The number of nitrogens with zero attached hydrogens (tertiary/aromatic N) is 4. The lowest BCUT2D eigenvalue weighted by Gasteiger charge is -2.41. The number of carboxylic acid groups (broad SMARTS) is 1. The fraction of sp³-hybridized carbons (Fsp3) is 0.680. The molecular formula is C50H76N4O10. The fourth-order valence-corrected chi connectivity index (χ4v) is 9.64. The van der Waals surface area contributed by atoms with Gasteiger partial charge >= 0.3 is 5.97 Å². The van der Waals surface area contributed by atoms with Gasteiger partial charge in [0.1, 0.15) is 5.78 Å². The van der Waals surface area contributed by atoms with E-state index in [9.17, 15) is 43.5 Å². The Kier molecular flexibility index (Phi) is 21.0. The first-order valence-corrected chi connectivity index (χ1v) is 23.4. The van der Waals surface area contributed by atoms with Crippen molar-refractivity contribution in [2.24, 2.45) is 41.4 Å². The highest BCUT2D eigenvalue weighted by Crippen LogP contribution is 2.33. The van der Waals surface area contributed by atoms with Gasteiger partial charge in [-0.1, -0.05) is 92.1 Å². The molecule has 0 saturated carbocycles. The number of unbranched alkanes of at least 4 members (excludes halogenated alkanes) is 1. The summed E-state index contributed by atoms with van der Waals surface area (Å²) in [5, 5.41) is 9.97. The summed E-state index contributed by atoms with van der Waals surface area (Å²) in [5.41, 5.74) is 0.855. The monoisotopic (exact) mass is 893 g/mol. The summed E-state index contributed by atoms with van der Waals surface area (Å²) in [6, 6.07) is 7.77. The highest BCUT2D eigenvalue weighted by molar-refractivity contribution is 6.12. The maximum atomic E-state index is 14.6. The van der Waals surface area contributed by atoms with Gasteiger partial charge in [-0.2, -0.15) is 0 Å². The minimum absolute atomic E-state index is 0.00196. The van der Waals surface area contributed by atoms with Crippen molar-refractivity contribution < 1.29 is 48.2 Å². The van der Waals surface area contributed by atoms with Crippen molar-refractivity contribution in [3.8, 4) is 0 Å². The van der Waals surface area contributed by atoms with E-state index in [1.807, 2.05) is 90.6 Å². The second-order valence-electron chi connectivity index (χ2n) is 19.0. The number of hydrogen-bond donors (Lipinski definition) is 1. The molecule has 3 rings (SSSR count). The number of carbonyl (C=O) groups is 8. The zero-order valence-corrected chi connectivity index (χ0v) is 40.3. The molecule has 9 atom stereocenters. The van der Waals surface area contributed by atoms with Crippen LogP contribution in [0.5, 0.6) is 0 Å². The summed E-state index contributed by atoms with van der Waals surface area (Å²) in [6.45, 7) is 16.1. The summed E-state index contributed by atoms with van der Waals surface area (Å²) in [5.74, 6) is -5.51. The number of imide groups is 1. The van der Waals surface area contributed by atoms with Crippen LogP contribution in [0.4, 0.5) is 0 Å². The molecule has 64 heavy (non-hydrogen) atoms. The number of ketones is 2. The first kappa shape index (κ1) is 53.6. The Morgan fingerprint density at radius 1 is 0.828 bits per heavy atom. The number of rotatable bonds is 27. The van der Waals surface area contributed by atoms with E-state index in [-0.39, 0.29) is 109 Å². The molecule has 1 N–H and O–H groups in total. The lowest BCUT2D eigenvalue weighted by Crippen LogP contribution is -2.54. The number of aliphatic carboxylic acids is 1. The standard InChI is InChI=1S/C50H76N4O10/c1-12-33(6)48(42(64-11)30-46(60)53-26-18-21-39(53)34(7)35(8)40(55)28-37(50(62)63)27-36-19-14-13-15-20-36)52(10)49(61)38(31(2)3)29-41(56)47(32(4)5)51(9)43(57)22-16-17-25-54-44(58)23-24-45(54)59/h13-15,19-20,23-24,31-35,37-39,42,47-48H,12,16-18,21-22,25-30H2,1-11H3,(H,62,63)/t33-,34+,35+,37+,38-,39-,42+,47-,48-/m0/s1. The zero-order valence-electron chi connectivity index (χ0n) is 40.3. The molecule has 1 fully saturated rings. The van der Waals surface area contributed by atoms with Crippen LogP contribution in [0, 0.1) is 41.4 Å². The van der Waals surface area contributed by atoms with E-state index in [0.29, 0.717) is 32.2 Å². The van der Waals surface area contributed by atoms with Crippen LogP contribution in [0.15, 0.2) is 42.5 Å². The van der Waals surface area contributed by atoms with Crippen LogP contribution in [-0.2, 0) is 49.5 Å². The van der Waals surface area contributed by atoms with Gasteiger partial charge in [0.05, 0.1) is 30.5 Å². The van der Waals surface area contributed by atoms with Gasteiger partial charge in [0.25, 0.3) is 11.8 Å². The van der Waals surface area contributed by atoms with Gasteiger partial charge in [-0.25, -0.2) is 0 Å². The number of methoxy groups -OCH3 is 1. The number of Topliss-reactive ketones (excluding diaryl/α,β-unsaturated/α-hetero) is 2. The van der Waals surface area contributed by atoms with E-state index in [0.717, 1.165) is 16.9 Å². The van der Waals surface area contributed by atoms with Crippen molar-refractivity contribution in [2.75, 3.05) is 34.3 Å². The maximum absolute atomic E-state index is 14.6. The third kappa shape index (κ3) is 14.1. The lowest BCUT2D eigenvalue weighted by molar-refractivity contribution is -0.149. The SMILES string of the molecule is CC[C@H](C)[C@@H]([C@@H](CC(=O)N1CCC[C@H]1[C@H](C)[C@@H](C)C(=O)C[C@@H](Cc1ccccc1)C(=O)O)OC)N(C)C(=O)[C@@H](CC(=O)[C@H](C(C)C)N(C)C(=O)CCCCN1C(=O)C=CC1=O)C(C)C. The number of carboxylic acids is 1. The summed E-state index contributed by atoms with van der Waals surface area (Å²) >= 11 is 0. The fourth-order valence-electron chi connectivity index (χ4n) is 9.64. The number of likely N-dealkylation sites (N-methyl/N-ethyl adjacent to an activating group) is 2. The molecular weight excluding hydrogens is 817 g/mol. The quantitative estimate of drug-likeness (QED) is 0.0786. The van der Waals surface area contributed by atoms with Gasteiger partial charge in [0.2, 0.25) is 17.7 Å². The van der Waals surface area contributed by atoms with Gasteiger partial charge in [-0.15, -0.1) is 0 Å². The van der Waals surface area contributed by atoms with Crippen LogP contribution in [-0.4, -0.2) is 130 Å². The average molecular weight is 893 g/mol. The van der Waals surface area contributed by atoms with Crippen LogP contribution in [0.1, 0.15) is 119 Å². The Labute approximate surface area is 381 Å². The molecule has 0 aliphatic carbocycles. The average Bonchev–Trinajstić information content (AvgIpc) is 3.88. The Balaban J connectivity index is 1.71. The van der Waals surface area contributed by atoms with Crippen molar-refractivity contribution in [1.29, 1.82) is 0 Å². The first-order chi connectivity index (χ1) is 30.2. The van der Waals surface area contributed by atoms with E-state index in [2.05, 4.69) is 0 Å². The second kappa shape index (κ2) is 25.1. The lowest BCUT2D eigenvalue weighted by atomic mass is 9.81. The first-order valence-electron chi connectivity index (χ1n) is 23.4. The van der Waals surface area contributed by atoms with E-state index in [4.69, 9.17) is 4.74 Å². The molecule has 1 aromatic rings. The van der Waals surface area contributed by atoms with Crippen LogP contribution >= 0.6 is 0 Å². The summed E-state index contributed by atoms with van der Waals surface area (Å²) in [6.07, 6.45) is 5.05. The molecule has 0 aromatic heterocycles.